The minimum absolute atomic E-state index is 0.0431. The number of alkyl halides is 3. The van der Waals surface area contributed by atoms with Crippen molar-refractivity contribution in [1.29, 1.82) is 0 Å². The summed E-state index contributed by atoms with van der Waals surface area (Å²) in [4.78, 5) is 16.9. The Labute approximate surface area is 161 Å². The molecule has 4 rings (SSSR count). The molecule has 0 aliphatic rings. The monoisotopic (exact) mass is 403 g/mol. The zero-order valence-electron chi connectivity index (χ0n) is 14.8. The molecule has 0 saturated carbocycles. The number of nitrogens with zero attached hydrogens (tertiary/aromatic N) is 5. The highest BCUT2D eigenvalue weighted by molar-refractivity contribution is 5.67. The van der Waals surface area contributed by atoms with E-state index in [9.17, 15) is 22.4 Å². The van der Waals surface area contributed by atoms with E-state index in [-0.39, 0.29) is 30.1 Å². The highest BCUT2D eigenvalue weighted by Gasteiger charge is 2.29. The molecule has 0 saturated heterocycles. The number of hydrogen-bond donors (Lipinski definition) is 0. The van der Waals surface area contributed by atoms with E-state index in [1.165, 1.54) is 39.8 Å². The second kappa shape index (κ2) is 7.12. The Hall–Kier alpha value is -3.56. The van der Waals surface area contributed by atoms with E-state index < -0.39 is 17.3 Å². The van der Waals surface area contributed by atoms with Crippen LogP contribution in [-0.2, 0) is 19.3 Å². The van der Waals surface area contributed by atoms with Crippen LogP contribution in [-0.4, -0.2) is 24.5 Å². The zero-order valence-corrected chi connectivity index (χ0v) is 14.8. The van der Waals surface area contributed by atoms with Crippen molar-refractivity contribution in [2.75, 3.05) is 0 Å². The first-order valence-corrected chi connectivity index (χ1v) is 8.50. The van der Waals surface area contributed by atoms with Gasteiger partial charge in [0.15, 0.2) is 11.2 Å². The molecule has 4 aromatic rings. The second-order valence-corrected chi connectivity index (χ2v) is 6.42. The average molecular weight is 403 g/mol. The van der Waals surface area contributed by atoms with Crippen molar-refractivity contribution < 1.29 is 17.6 Å². The summed E-state index contributed by atoms with van der Waals surface area (Å²) in [5.41, 5.74) is 0.365. The first-order chi connectivity index (χ1) is 13.8. The molecule has 0 unspecified atom stereocenters. The molecule has 0 atom stereocenters. The van der Waals surface area contributed by atoms with Crippen LogP contribution in [0.5, 0.6) is 0 Å². The van der Waals surface area contributed by atoms with E-state index in [0.29, 0.717) is 5.56 Å². The Morgan fingerprint density at radius 1 is 0.897 bits per heavy atom. The van der Waals surface area contributed by atoms with Crippen LogP contribution >= 0.6 is 0 Å². The lowest BCUT2D eigenvalue weighted by Crippen LogP contribution is -2.21. The van der Waals surface area contributed by atoms with E-state index in [4.69, 9.17) is 0 Å². The maximum atomic E-state index is 13.0. The van der Waals surface area contributed by atoms with Gasteiger partial charge in [0.2, 0.25) is 0 Å². The van der Waals surface area contributed by atoms with Crippen molar-refractivity contribution >= 4 is 11.2 Å². The molecule has 0 fully saturated rings. The first kappa shape index (κ1) is 18.8. The van der Waals surface area contributed by atoms with E-state index in [1.54, 1.807) is 12.1 Å². The normalized spacial score (nSPS) is 11.9. The fourth-order valence-electron chi connectivity index (χ4n) is 2.86. The molecule has 6 nitrogen and oxygen atoms in total. The Morgan fingerprint density at radius 3 is 2.17 bits per heavy atom. The molecule has 148 valence electrons. The van der Waals surface area contributed by atoms with Gasteiger partial charge >= 0.3 is 6.18 Å². The van der Waals surface area contributed by atoms with Crippen LogP contribution < -0.4 is 5.56 Å². The van der Waals surface area contributed by atoms with Gasteiger partial charge in [-0.2, -0.15) is 13.2 Å². The Kier molecular flexibility index (Phi) is 4.61. The predicted molar refractivity (Wildman–Crippen MR) is 95.6 cm³/mol. The number of fused-ring (bicyclic) bond motifs is 1. The van der Waals surface area contributed by atoms with Gasteiger partial charge < -0.3 is 0 Å². The standard InChI is InChI=1S/C19H13F4N5O/c20-15-7-3-13(4-8-15)10-28-17-16(25-26-28)18(29)27(11-24-17)9-12-1-5-14(6-2-12)19(21,22)23/h1-8,11H,9-10H2. The van der Waals surface area contributed by atoms with Gasteiger partial charge in [-0.25, -0.2) is 14.1 Å². The predicted octanol–water partition coefficient (Wildman–Crippen LogP) is 3.24. The number of aromatic nitrogens is 5. The van der Waals surface area contributed by atoms with Gasteiger partial charge in [-0.3, -0.25) is 9.36 Å². The van der Waals surface area contributed by atoms with Crippen LogP contribution in [0.1, 0.15) is 16.7 Å². The summed E-state index contributed by atoms with van der Waals surface area (Å²) in [7, 11) is 0. The van der Waals surface area contributed by atoms with Gasteiger partial charge in [0.05, 0.1) is 18.7 Å². The van der Waals surface area contributed by atoms with Crippen LogP contribution in [0, 0.1) is 5.82 Å². The minimum Gasteiger partial charge on any atom is -0.293 e. The third kappa shape index (κ3) is 3.86. The first-order valence-electron chi connectivity index (χ1n) is 8.50. The molecule has 29 heavy (non-hydrogen) atoms. The second-order valence-electron chi connectivity index (χ2n) is 6.42. The fraction of sp³-hybridized carbons (Fsp3) is 0.158. The number of rotatable bonds is 4. The number of benzene rings is 2. The van der Waals surface area contributed by atoms with E-state index in [2.05, 4.69) is 15.3 Å². The van der Waals surface area contributed by atoms with E-state index in [1.807, 2.05) is 0 Å². The van der Waals surface area contributed by atoms with E-state index in [0.717, 1.165) is 17.7 Å². The fourth-order valence-corrected chi connectivity index (χ4v) is 2.86. The zero-order chi connectivity index (χ0) is 20.6. The van der Waals surface area contributed by atoms with Crippen LogP contribution in [0.25, 0.3) is 11.2 Å². The lowest BCUT2D eigenvalue weighted by atomic mass is 10.1. The molecular weight excluding hydrogens is 390 g/mol. The molecule has 0 radical (unpaired) electrons. The summed E-state index contributed by atoms with van der Waals surface area (Å²) < 4.78 is 53.7. The summed E-state index contributed by atoms with van der Waals surface area (Å²) >= 11 is 0. The summed E-state index contributed by atoms with van der Waals surface area (Å²) in [5, 5.41) is 7.81. The molecule has 2 aromatic carbocycles. The number of hydrogen-bond acceptors (Lipinski definition) is 4. The van der Waals surface area contributed by atoms with E-state index >= 15 is 0 Å². The third-order valence-electron chi connectivity index (χ3n) is 4.37. The van der Waals surface area contributed by atoms with Crippen molar-refractivity contribution in [1.82, 2.24) is 24.5 Å². The Balaban J connectivity index is 1.60. The van der Waals surface area contributed by atoms with Crippen LogP contribution in [0.4, 0.5) is 17.6 Å². The van der Waals surface area contributed by atoms with Crippen molar-refractivity contribution in [2.45, 2.75) is 19.3 Å². The summed E-state index contributed by atoms with van der Waals surface area (Å²) in [6.07, 6.45) is -3.12. The van der Waals surface area contributed by atoms with Gasteiger partial charge in [0.1, 0.15) is 12.1 Å². The average Bonchev–Trinajstić information content (AvgIpc) is 3.09. The number of halogens is 4. The topological polar surface area (TPSA) is 65.6 Å². The molecule has 2 heterocycles. The molecule has 0 amide bonds. The van der Waals surface area contributed by atoms with Gasteiger partial charge in [-0.1, -0.05) is 29.5 Å². The van der Waals surface area contributed by atoms with Crippen molar-refractivity contribution in [3.05, 3.63) is 87.7 Å². The molecule has 0 aliphatic carbocycles. The molecule has 0 spiro atoms. The van der Waals surface area contributed by atoms with Crippen molar-refractivity contribution in [3.8, 4) is 0 Å². The molecule has 0 bridgehead atoms. The van der Waals surface area contributed by atoms with Gasteiger partial charge in [0, 0.05) is 0 Å². The van der Waals surface area contributed by atoms with Gasteiger partial charge in [0.25, 0.3) is 5.56 Å². The SMILES string of the molecule is O=c1c2nnn(Cc3ccc(F)cc3)c2ncn1Cc1ccc(C(F)(F)F)cc1. The smallest absolute Gasteiger partial charge is 0.293 e. The minimum atomic E-state index is -4.42. The largest absolute Gasteiger partial charge is 0.416 e. The summed E-state index contributed by atoms with van der Waals surface area (Å²) in [6.45, 7) is 0.302. The van der Waals surface area contributed by atoms with Gasteiger partial charge in [-0.15, -0.1) is 5.10 Å². The summed E-state index contributed by atoms with van der Waals surface area (Å²) in [5.74, 6) is -0.360. The molecular formula is C19H13F4N5O. The van der Waals surface area contributed by atoms with Crippen LogP contribution in [0.3, 0.4) is 0 Å². The molecule has 0 aliphatic heterocycles. The highest BCUT2D eigenvalue weighted by Crippen LogP contribution is 2.29. The maximum absolute atomic E-state index is 13.0. The Bertz CT molecular complexity index is 1210. The molecule has 0 N–H and O–H groups in total. The van der Waals surface area contributed by atoms with Crippen LogP contribution in [0.2, 0.25) is 0 Å². The van der Waals surface area contributed by atoms with Crippen LogP contribution in [0.15, 0.2) is 59.7 Å². The summed E-state index contributed by atoms with van der Waals surface area (Å²) in [6, 6.07) is 10.4. The molecule has 2 aromatic heterocycles. The lowest BCUT2D eigenvalue weighted by molar-refractivity contribution is -0.137. The highest BCUT2D eigenvalue weighted by atomic mass is 19.4. The van der Waals surface area contributed by atoms with Crippen molar-refractivity contribution in [2.24, 2.45) is 0 Å². The van der Waals surface area contributed by atoms with Crippen molar-refractivity contribution in [3.63, 3.8) is 0 Å². The lowest BCUT2D eigenvalue weighted by Gasteiger charge is -2.09. The Morgan fingerprint density at radius 2 is 1.52 bits per heavy atom. The molecule has 10 heteroatoms. The maximum Gasteiger partial charge on any atom is 0.416 e. The van der Waals surface area contributed by atoms with Gasteiger partial charge in [-0.05, 0) is 35.4 Å². The third-order valence-corrected chi connectivity index (χ3v) is 4.37. The quantitative estimate of drug-likeness (QED) is 0.491.